The molecule has 3 rings (SSSR count). The predicted molar refractivity (Wildman–Crippen MR) is 145 cm³/mol. The topological polar surface area (TPSA) is 152 Å². The van der Waals surface area contributed by atoms with Gasteiger partial charge in [0.05, 0.1) is 6.04 Å². The number of benzene rings is 3. The Balaban J connectivity index is 1.64. The summed E-state index contributed by atoms with van der Waals surface area (Å²) in [6, 6.07) is 23.8. The summed E-state index contributed by atoms with van der Waals surface area (Å²) in [5, 5.41) is 17.8. The van der Waals surface area contributed by atoms with E-state index in [1.54, 1.807) is 91.0 Å². The van der Waals surface area contributed by atoms with E-state index in [4.69, 9.17) is 14.2 Å². The van der Waals surface area contributed by atoms with E-state index in [9.17, 15) is 24.3 Å². The van der Waals surface area contributed by atoms with Gasteiger partial charge < -0.3 is 35.3 Å². The highest BCUT2D eigenvalue weighted by Gasteiger charge is 2.46. The van der Waals surface area contributed by atoms with Crippen LogP contribution >= 0.6 is 0 Å². The zero-order valence-corrected chi connectivity index (χ0v) is 21.9. The molecule has 3 aromatic carbocycles. The van der Waals surface area contributed by atoms with Gasteiger partial charge in [0.25, 0.3) is 0 Å². The molecule has 0 aliphatic heterocycles. The van der Waals surface area contributed by atoms with Crippen LogP contribution in [0.4, 0.5) is 14.4 Å². The fourth-order valence-corrected chi connectivity index (χ4v) is 3.81. The molecular weight excluding hydrogens is 518 g/mol. The molecule has 0 aliphatic carbocycles. The molecule has 2 atom stereocenters. The van der Waals surface area contributed by atoms with Crippen LogP contribution in [-0.4, -0.2) is 47.5 Å². The molecule has 0 fully saturated rings. The summed E-state index contributed by atoms with van der Waals surface area (Å²) < 4.78 is 15.6. The average molecular weight is 550 g/mol. The van der Waals surface area contributed by atoms with Crippen LogP contribution in [0.15, 0.2) is 91.0 Å². The number of nitrogens with one attached hydrogen (secondary N) is 3. The van der Waals surface area contributed by atoms with Gasteiger partial charge in [-0.25, -0.2) is 19.2 Å². The molecule has 0 saturated carbocycles. The molecule has 0 bridgehead atoms. The molecule has 0 aromatic heterocycles. The SMILES string of the molecule is CC(NC(=O)Oc1ccccc1)C(CCCCNC(=O)Oc1ccccc1)(NC(=O)Oc1ccccc1)C(=O)O. The first-order valence-corrected chi connectivity index (χ1v) is 12.6. The first kappa shape index (κ1) is 29.5. The highest BCUT2D eigenvalue weighted by Crippen LogP contribution is 2.22. The van der Waals surface area contributed by atoms with Gasteiger partial charge in [-0.3, -0.25) is 0 Å². The number of ether oxygens (including phenoxy) is 3. The molecule has 0 spiro atoms. The maximum Gasteiger partial charge on any atom is 0.413 e. The maximum absolute atomic E-state index is 12.8. The molecule has 0 radical (unpaired) electrons. The van der Waals surface area contributed by atoms with E-state index in [1.165, 1.54) is 6.92 Å². The number of aliphatic carboxylic acids is 1. The summed E-state index contributed by atoms with van der Waals surface area (Å²) in [5.41, 5.74) is -1.97. The van der Waals surface area contributed by atoms with E-state index < -0.39 is 35.8 Å². The third-order valence-electron chi connectivity index (χ3n) is 5.91. The molecular formula is C29H31N3O8. The number of carbonyl (C=O) groups excluding carboxylic acids is 3. The van der Waals surface area contributed by atoms with Crippen molar-refractivity contribution in [3.63, 3.8) is 0 Å². The van der Waals surface area contributed by atoms with Crippen LogP contribution in [0.2, 0.25) is 0 Å². The molecule has 11 heteroatoms. The summed E-state index contributed by atoms with van der Waals surface area (Å²) in [7, 11) is 0. The number of rotatable bonds is 12. The Morgan fingerprint density at radius 2 is 1.15 bits per heavy atom. The lowest BCUT2D eigenvalue weighted by molar-refractivity contribution is -0.146. The lowest BCUT2D eigenvalue weighted by Crippen LogP contribution is -2.66. The van der Waals surface area contributed by atoms with Gasteiger partial charge in [0, 0.05) is 6.54 Å². The van der Waals surface area contributed by atoms with Crippen molar-refractivity contribution in [3.05, 3.63) is 91.0 Å². The molecule has 3 amide bonds. The standard InChI is InChI=1S/C29H31N3O8/c1-21(31-27(36)39-23-15-7-3-8-16-23)29(25(33)34,32-28(37)40-24-17-9-4-10-18-24)19-11-12-20-30-26(35)38-22-13-5-2-6-14-22/h2-10,13-18,21H,11-12,19-20H2,1H3,(H,30,35)(H,31,36)(H,32,37)(H,33,34). The Morgan fingerprint density at radius 1 is 0.700 bits per heavy atom. The fraction of sp³-hybridized carbons (Fsp3) is 0.241. The van der Waals surface area contributed by atoms with Crippen molar-refractivity contribution >= 4 is 24.2 Å². The van der Waals surface area contributed by atoms with E-state index in [0.717, 1.165) is 0 Å². The fourth-order valence-electron chi connectivity index (χ4n) is 3.81. The summed E-state index contributed by atoms with van der Waals surface area (Å²) in [5.74, 6) is -0.530. The minimum absolute atomic E-state index is 0.103. The highest BCUT2D eigenvalue weighted by atomic mass is 16.6. The van der Waals surface area contributed by atoms with Crippen molar-refractivity contribution in [1.82, 2.24) is 16.0 Å². The second-order valence-corrected chi connectivity index (χ2v) is 8.76. The molecule has 11 nitrogen and oxygen atoms in total. The van der Waals surface area contributed by atoms with Crippen LogP contribution in [0, 0.1) is 0 Å². The largest absolute Gasteiger partial charge is 0.479 e. The van der Waals surface area contributed by atoms with Gasteiger partial charge in [-0.05, 0) is 62.6 Å². The van der Waals surface area contributed by atoms with Gasteiger partial charge in [-0.15, -0.1) is 0 Å². The smallest absolute Gasteiger partial charge is 0.413 e. The van der Waals surface area contributed by atoms with Crippen molar-refractivity contribution in [2.45, 2.75) is 37.8 Å². The zero-order valence-electron chi connectivity index (χ0n) is 21.9. The van der Waals surface area contributed by atoms with Crippen LogP contribution in [0.25, 0.3) is 0 Å². The van der Waals surface area contributed by atoms with Gasteiger partial charge in [-0.1, -0.05) is 54.6 Å². The number of hydrogen-bond donors (Lipinski definition) is 4. The Labute approximate surface area is 231 Å². The first-order chi connectivity index (χ1) is 19.3. The zero-order chi connectivity index (χ0) is 28.8. The van der Waals surface area contributed by atoms with Crippen LogP contribution in [-0.2, 0) is 4.79 Å². The number of unbranched alkanes of at least 4 members (excludes halogenated alkanes) is 1. The van der Waals surface area contributed by atoms with Crippen LogP contribution < -0.4 is 30.2 Å². The molecule has 0 aliphatic rings. The van der Waals surface area contributed by atoms with Crippen molar-refractivity contribution in [2.75, 3.05) is 6.54 Å². The van der Waals surface area contributed by atoms with Crippen molar-refractivity contribution in [3.8, 4) is 17.2 Å². The summed E-state index contributed by atoms with van der Waals surface area (Å²) in [4.78, 5) is 49.9. The molecule has 40 heavy (non-hydrogen) atoms. The minimum atomic E-state index is -1.97. The van der Waals surface area contributed by atoms with Gasteiger partial charge in [0.1, 0.15) is 17.2 Å². The van der Waals surface area contributed by atoms with Crippen LogP contribution in [0.1, 0.15) is 26.2 Å². The lowest BCUT2D eigenvalue weighted by Gasteiger charge is -2.35. The third-order valence-corrected chi connectivity index (χ3v) is 5.91. The first-order valence-electron chi connectivity index (χ1n) is 12.6. The third kappa shape index (κ3) is 9.05. The van der Waals surface area contributed by atoms with Crippen molar-refractivity contribution in [2.24, 2.45) is 0 Å². The molecule has 0 saturated heterocycles. The van der Waals surface area contributed by atoms with Crippen molar-refractivity contribution in [1.29, 1.82) is 0 Å². The molecule has 210 valence electrons. The summed E-state index contributed by atoms with van der Waals surface area (Å²) in [6.07, 6.45) is -2.05. The normalized spacial score (nSPS) is 12.6. The molecule has 3 aromatic rings. The van der Waals surface area contributed by atoms with Gasteiger partial charge in [0.2, 0.25) is 0 Å². The quantitative estimate of drug-likeness (QED) is 0.237. The second kappa shape index (κ2) is 14.8. The number of carboxylic acid groups (broad SMARTS) is 1. The number of para-hydroxylation sites is 3. The molecule has 0 heterocycles. The number of amides is 3. The minimum Gasteiger partial charge on any atom is -0.479 e. The van der Waals surface area contributed by atoms with Gasteiger partial charge >= 0.3 is 24.2 Å². The Hall–Kier alpha value is -5.06. The molecule has 4 N–H and O–H groups in total. The second-order valence-electron chi connectivity index (χ2n) is 8.76. The predicted octanol–water partition coefficient (Wildman–Crippen LogP) is 4.73. The number of carboxylic acids is 1. The van der Waals surface area contributed by atoms with E-state index in [-0.39, 0.29) is 30.9 Å². The van der Waals surface area contributed by atoms with E-state index in [2.05, 4.69) is 16.0 Å². The summed E-state index contributed by atoms with van der Waals surface area (Å²) in [6.45, 7) is 1.63. The van der Waals surface area contributed by atoms with Crippen molar-refractivity contribution < 1.29 is 38.5 Å². The average Bonchev–Trinajstić information content (AvgIpc) is 2.93. The Morgan fingerprint density at radius 3 is 1.62 bits per heavy atom. The van der Waals surface area contributed by atoms with E-state index >= 15 is 0 Å². The van der Waals surface area contributed by atoms with Crippen LogP contribution in [0.3, 0.4) is 0 Å². The summed E-state index contributed by atoms with van der Waals surface area (Å²) >= 11 is 0. The van der Waals surface area contributed by atoms with Gasteiger partial charge in [-0.2, -0.15) is 0 Å². The maximum atomic E-state index is 12.8. The highest BCUT2D eigenvalue weighted by molar-refractivity contribution is 5.87. The van der Waals surface area contributed by atoms with E-state index in [1.807, 2.05) is 0 Å². The number of hydrogen-bond acceptors (Lipinski definition) is 7. The Kier molecular flexibility index (Phi) is 10.9. The van der Waals surface area contributed by atoms with E-state index in [0.29, 0.717) is 12.2 Å². The number of carbonyl (C=O) groups is 4. The Bertz CT molecular complexity index is 1260. The molecule has 2 unspecified atom stereocenters. The lowest BCUT2D eigenvalue weighted by atomic mass is 9.85. The van der Waals surface area contributed by atoms with Gasteiger partial charge in [0.15, 0.2) is 5.54 Å². The van der Waals surface area contributed by atoms with Crippen LogP contribution in [0.5, 0.6) is 17.2 Å². The monoisotopic (exact) mass is 549 g/mol.